The van der Waals surface area contributed by atoms with Gasteiger partial charge in [0.25, 0.3) is 5.91 Å². The van der Waals surface area contributed by atoms with E-state index in [1.165, 1.54) is 11.3 Å². The Morgan fingerprint density at radius 2 is 2.25 bits per heavy atom. The first-order valence-corrected chi connectivity index (χ1v) is 7.23. The normalized spacial score (nSPS) is 9.90. The fraction of sp³-hybridized carbons (Fsp3) is 0.500. The summed E-state index contributed by atoms with van der Waals surface area (Å²) in [5.41, 5.74) is 5.30. The summed E-state index contributed by atoms with van der Waals surface area (Å²) in [4.78, 5) is 13.3. The first-order valence-electron chi connectivity index (χ1n) is 6.41. The van der Waals surface area contributed by atoms with E-state index in [0.29, 0.717) is 37.8 Å². The van der Waals surface area contributed by atoms with Gasteiger partial charge in [-0.15, -0.1) is 11.3 Å². The number of nitrogens with one attached hydrogen (secondary N) is 1. The molecule has 0 aliphatic carbocycles. The summed E-state index contributed by atoms with van der Waals surface area (Å²) in [6, 6.07) is 3.60. The second-order valence-electron chi connectivity index (χ2n) is 3.88. The molecule has 0 fully saturated rings. The van der Waals surface area contributed by atoms with E-state index in [-0.39, 0.29) is 5.91 Å². The van der Waals surface area contributed by atoms with Gasteiger partial charge < -0.3 is 20.5 Å². The highest BCUT2D eigenvalue weighted by atomic mass is 32.1. The zero-order chi connectivity index (χ0) is 14.6. The van der Waals surface area contributed by atoms with Gasteiger partial charge in [-0.05, 0) is 18.6 Å². The molecular formula is C14H20N2O3S. The average Bonchev–Trinajstić information content (AvgIpc) is 2.93. The number of carbonyl (C=O) groups excluding carboxylic acids is 1. The highest BCUT2D eigenvalue weighted by molar-refractivity contribution is 7.14. The SMILES string of the molecule is COCCOCCCNC(=O)c1ccc(C#CCN)s1. The van der Waals surface area contributed by atoms with E-state index >= 15 is 0 Å². The molecule has 0 saturated carbocycles. The summed E-state index contributed by atoms with van der Waals surface area (Å²) in [6.45, 7) is 2.70. The van der Waals surface area contributed by atoms with Gasteiger partial charge in [0, 0.05) is 20.3 Å². The highest BCUT2D eigenvalue weighted by Crippen LogP contribution is 2.14. The molecule has 0 unspecified atom stereocenters. The Balaban J connectivity index is 2.20. The zero-order valence-corrected chi connectivity index (χ0v) is 12.4. The molecule has 1 aromatic heterocycles. The fourth-order valence-corrected chi connectivity index (χ4v) is 2.17. The van der Waals surface area contributed by atoms with Crippen LogP contribution in [0.2, 0.25) is 0 Å². The molecule has 0 spiro atoms. The van der Waals surface area contributed by atoms with Crippen LogP contribution in [-0.2, 0) is 9.47 Å². The number of amides is 1. The van der Waals surface area contributed by atoms with Crippen molar-refractivity contribution in [3.63, 3.8) is 0 Å². The van der Waals surface area contributed by atoms with Crippen molar-refractivity contribution >= 4 is 17.2 Å². The van der Waals surface area contributed by atoms with Gasteiger partial charge in [0.1, 0.15) is 0 Å². The number of methoxy groups -OCH3 is 1. The molecule has 0 aromatic carbocycles. The number of rotatable bonds is 8. The molecule has 0 radical (unpaired) electrons. The molecule has 20 heavy (non-hydrogen) atoms. The van der Waals surface area contributed by atoms with Crippen molar-refractivity contribution < 1.29 is 14.3 Å². The lowest BCUT2D eigenvalue weighted by Gasteiger charge is -2.04. The standard InChI is InChI=1S/C14H20N2O3S/c1-18-10-11-19-9-3-8-16-14(17)13-6-5-12(20-13)4-2-7-15/h5-6H,3,7-11,15H2,1H3,(H,16,17). The van der Waals surface area contributed by atoms with E-state index < -0.39 is 0 Å². The van der Waals surface area contributed by atoms with E-state index in [4.69, 9.17) is 15.2 Å². The molecule has 1 amide bonds. The van der Waals surface area contributed by atoms with Crippen molar-refractivity contribution in [1.82, 2.24) is 5.32 Å². The fourth-order valence-electron chi connectivity index (χ4n) is 1.37. The monoisotopic (exact) mass is 296 g/mol. The maximum absolute atomic E-state index is 11.8. The molecule has 0 bridgehead atoms. The number of thiophene rings is 1. The van der Waals surface area contributed by atoms with Crippen LogP contribution < -0.4 is 11.1 Å². The Kier molecular flexibility index (Phi) is 8.67. The lowest BCUT2D eigenvalue weighted by Crippen LogP contribution is -2.24. The van der Waals surface area contributed by atoms with Crippen molar-refractivity contribution in [3.05, 3.63) is 21.9 Å². The van der Waals surface area contributed by atoms with Crippen LogP contribution in [-0.4, -0.2) is 45.9 Å². The van der Waals surface area contributed by atoms with Crippen molar-refractivity contribution in [2.45, 2.75) is 6.42 Å². The van der Waals surface area contributed by atoms with E-state index in [2.05, 4.69) is 17.2 Å². The summed E-state index contributed by atoms with van der Waals surface area (Å²) in [7, 11) is 1.64. The molecule has 110 valence electrons. The van der Waals surface area contributed by atoms with E-state index in [1.807, 2.05) is 6.07 Å². The number of ether oxygens (including phenoxy) is 2. The van der Waals surface area contributed by atoms with Crippen LogP contribution in [0, 0.1) is 11.8 Å². The minimum atomic E-state index is -0.0762. The topological polar surface area (TPSA) is 73.6 Å². The van der Waals surface area contributed by atoms with Gasteiger partial charge in [-0.2, -0.15) is 0 Å². The Labute approximate surface area is 123 Å². The van der Waals surface area contributed by atoms with Gasteiger partial charge in [-0.1, -0.05) is 11.8 Å². The van der Waals surface area contributed by atoms with E-state index in [0.717, 1.165) is 11.3 Å². The van der Waals surface area contributed by atoms with Crippen molar-refractivity contribution in [2.75, 3.05) is 40.0 Å². The molecule has 5 nitrogen and oxygen atoms in total. The summed E-state index contributed by atoms with van der Waals surface area (Å²) in [5.74, 6) is 5.59. The Bertz CT molecular complexity index is 462. The van der Waals surface area contributed by atoms with Gasteiger partial charge in [0.15, 0.2) is 0 Å². The number of hydrogen-bond donors (Lipinski definition) is 2. The molecule has 0 aliphatic heterocycles. The largest absolute Gasteiger partial charge is 0.382 e. The van der Waals surface area contributed by atoms with Crippen molar-refractivity contribution in [2.24, 2.45) is 5.73 Å². The average molecular weight is 296 g/mol. The molecule has 0 atom stereocenters. The number of carbonyl (C=O) groups is 1. The van der Waals surface area contributed by atoms with Crippen molar-refractivity contribution in [3.8, 4) is 11.8 Å². The second-order valence-corrected chi connectivity index (χ2v) is 4.97. The van der Waals surface area contributed by atoms with Crippen LogP contribution >= 0.6 is 11.3 Å². The molecule has 6 heteroatoms. The quantitative estimate of drug-likeness (QED) is 0.551. The molecule has 1 aromatic rings. The first kappa shape index (κ1) is 16.7. The summed E-state index contributed by atoms with van der Waals surface area (Å²) in [6.07, 6.45) is 0.778. The Hall–Kier alpha value is -1.39. The third-order valence-electron chi connectivity index (χ3n) is 2.33. The minimum Gasteiger partial charge on any atom is -0.382 e. The molecule has 1 rings (SSSR count). The third-order valence-corrected chi connectivity index (χ3v) is 3.33. The lowest BCUT2D eigenvalue weighted by atomic mass is 10.4. The minimum absolute atomic E-state index is 0.0762. The van der Waals surface area contributed by atoms with Crippen LogP contribution in [0.4, 0.5) is 0 Å². The molecule has 3 N–H and O–H groups in total. The Morgan fingerprint density at radius 3 is 3.00 bits per heavy atom. The molecule has 0 saturated heterocycles. The van der Waals surface area contributed by atoms with Crippen molar-refractivity contribution in [1.29, 1.82) is 0 Å². The second kappa shape index (κ2) is 10.4. The van der Waals surface area contributed by atoms with Crippen LogP contribution in [0.3, 0.4) is 0 Å². The smallest absolute Gasteiger partial charge is 0.261 e. The summed E-state index contributed by atoms with van der Waals surface area (Å²) in [5, 5.41) is 2.85. The first-order chi connectivity index (χ1) is 9.77. The van der Waals surface area contributed by atoms with Gasteiger partial charge >= 0.3 is 0 Å². The van der Waals surface area contributed by atoms with Gasteiger partial charge in [-0.3, -0.25) is 4.79 Å². The third kappa shape index (κ3) is 6.68. The molecular weight excluding hydrogens is 276 g/mol. The molecule has 0 aliphatic rings. The van der Waals surface area contributed by atoms with E-state index in [1.54, 1.807) is 13.2 Å². The lowest BCUT2D eigenvalue weighted by molar-refractivity contribution is 0.0688. The summed E-state index contributed by atoms with van der Waals surface area (Å²) >= 11 is 1.37. The highest BCUT2D eigenvalue weighted by Gasteiger charge is 2.07. The van der Waals surface area contributed by atoms with Crippen LogP contribution in [0.15, 0.2) is 12.1 Å². The predicted molar refractivity (Wildman–Crippen MR) is 79.9 cm³/mol. The van der Waals surface area contributed by atoms with E-state index in [9.17, 15) is 4.79 Å². The zero-order valence-electron chi connectivity index (χ0n) is 11.6. The number of hydrogen-bond acceptors (Lipinski definition) is 5. The van der Waals surface area contributed by atoms with Crippen LogP contribution in [0.5, 0.6) is 0 Å². The van der Waals surface area contributed by atoms with Gasteiger partial charge in [-0.25, -0.2) is 0 Å². The number of nitrogens with two attached hydrogens (primary N) is 1. The summed E-state index contributed by atoms with van der Waals surface area (Å²) < 4.78 is 10.2. The Morgan fingerprint density at radius 1 is 1.40 bits per heavy atom. The van der Waals surface area contributed by atoms with Gasteiger partial charge in [0.05, 0.1) is 29.5 Å². The predicted octanol–water partition coefficient (Wildman–Crippen LogP) is 0.841. The van der Waals surface area contributed by atoms with Crippen LogP contribution in [0.25, 0.3) is 0 Å². The van der Waals surface area contributed by atoms with Crippen LogP contribution in [0.1, 0.15) is 21.0 Å². The maximum Gasteiger partial charge on any atom is 0.261 e. The van der Waals surface area contributed by atoms with Gasteiger partial charge in [0.2, 0.25) is 0 Å². The molecule has 1 heterocycles. The maximum atomic E-state index is 11.8.